The molecule has 1 aromatic rings. The fraction of sp³-hybridized carbons (Fsp3) is 0.654. The molecule has 1 saturated heterocycles. The molecule has 1 aliphatic rings. The largest absolute Gasteiger partial charge is 0.358 e. The summed E-state index contributed by atoms with van der Waals surface area (Å²) < 4.78 is 0. The Kier molecular flexibility index (Phi) is 9.89. The fourth-order valence-corrected chi connectivity index (χ4v) is 5.03. The lowest BCUT2D eigenvalue weighted by atomic mass is 9.78. The van der Waals surface area contributed by atoms with Crippen LogP contribution >= 0.6 is 0 Å². The number of carbonyl (C=O) groups excluding carboxylic acids is 3. The molecule has 1 fully saturated rings. The van der Waals surface area contributed by atoms with Gasteiger partial charge in [0.1, 0.15) is 0 Å². The lowest BCUT2D eigenvalue weighted by molar-refractivity contribution is -0.141. The van der Waals surface area contributed by atoms with Crippen LogP contribution in [0.1, 0.15) is 51.0 Å². The third kappa shape index (κ3) is 6.79. The number of likely N-dealkylation sites (N-methyl/N-ethyl adjacent to an activating group) is 1. The predicted molar refractivity (Wildman–Crippen MR) is 132 cm³/mol. The van der Waals surface area contributed by atoms with Gasteiger partial charge >= 0.3 is 0 Å². The normalized spacial score (nSPS) is 24.8. The molecule has 0 saturated carbocycles. The minimum atomic E-state index is -0.317. The molecular formula is C26H42N4O3. The topological polar surface area (TPSA) is 73.0 Å². The second kappa shape index (κ2) is 12.2. The molecule has 2 rings (SSSR count). The highest BCUT2D eigenvalue weighted by Crippen LogP contribution is 2.39. The summed E-state index contributed by atoms with van der Waals surface area (Å²) in [5.74, 6) is -0.551. The van der Waals surface area contributed by atoms with E-state index in [1.54, 1.807) is 30.9 Å². The molecule has 7 heteroatoms. The van der Waals surface area contributed by atoms with Crippen molar-refractivity contribution in [3.8, 4) is 0 Å². The number of nitrogens with one attached hydrogen (secondary N) is 1. The van der Waals surface area contributed by atoms with Gasteiger partial charge in [-0.05, 0) is 51.3 Å². The summed E-state index contributed by atoms with van der Waals surface area (Å²) in [6, 6.07) is 10.6. The second-order valence-corrected chi connectivity index (χ2v) is 9.76. The van der Waals surface area contributed by atoms with Gasteiger partial charge in [-0.15, -0.1) is 0 Å². The van der Waals surface area contributed by atoms with Crippen LogP contribution in [0.2, 0.25) is 0 Å². The van der Waals surface area contributed by atoms with Crippen LogP contribution in [0, 0.1) is 11.8 Å². The molecule has 0 aliphatic carbocycles. The van der Waals surface area contributed by atoms with Gasteiger partial charge in [0.25, 0.3) is 0 Å². The first kappa shape index (κ1) is 26.8. The van der Waals surface area contributed by atoms with Crippen molar-refractivity contribution >= 4 is 17.7 Å². The predicted octanol–water partition coefficient (Wildman–Crippen LogP) is 2.71. The quantitative estimate of drug-likeness (QED) is 0.711. The van der Waals surface area contributed by atoms with Crippen LogP contribution in [0.25, 0.3) is 0 Å². The first-order valence-electron chi connectivity index (χ1n) is 12.0. The number of amides is 3. The summed E-state index contributed by atoms with van der Waals surface area (Å²) in [5.41, 5.74) is 1.11. The van der Waals surface area contributed by atoms with Crippen LogP contribution in [0.3, 0.4) is 0 Å². The van der Waals surface area contributed by atoms with Crippen LogP contribution in [-0.4, -0.2) is 80.7 Å². The average Bonchev–Trinajstić information content (AvgIpc) is 2.82. The number of benzene rings is 1. The Bertz CT molecular complexity index is 796. The number of hydrogen-bond acceptors (Lipinski definition) is 4. The van der Waals surface area contributed by atoms with Crippen molar-refractivity contribution in [3.05, 3.63) is 35.9 Å². The number of nitrogens with zero attached hydrogens (tertiary/aromatic N) is 3. The zero-order valence-electron chi connectivity index (χ0n) is 21.3. The molecule has 3 atom stereocenters. The Morgan fingerprint density at radius 2 is 1.73 bits per heavy atom. The third-order valence-corrected chi connectivity index (χ3v) is 7.31. The maximum absolute atomic E-state index is 13.5. The fourth-order valence-electron chi connectivity index (χ4n) is 5.03. The smallest absolute Gasteiger partial charge is 0.239 e. The first-order valence-corrected chi connectivity index (χ1v) is 12.0. The number of carbonyl (C=O) groups is 3. The Morgan fingerprint density at radius 3 is 2.30 bits per heavy atom. The standard InChI is InChI=1S/C26H42N4O3/c1-20-21(18-24(32)28(3)4)12-10-15-26(29(5)6,22-13-8-7-9-14-22)16-11-17-30(25(20)33)19-23(31)27-2/h7-9,13-14,20-21H,10-12,15-19H2,1-6H3,(H,27,31)/t20?,21?,26-/m1/s1. The third-order valence-electron chi connectivity index (χ3n) is 7.31. The van der Waals surface area contributed by atoms with Gasteiger partial charge in [0, 0.05) is 45.6 Å². The maximum atomic E-state index is 13.5. The lowest BCUT2D eigenvalue weighted by Gasteiger charge is -2.41. The van der Waals surface area contributed by atoms with Crippen LogP contribution in [0.4, 0.5) is 0 Å². The SMILES string of the molecule is CNC(=O)CN1CCC[C@](c2ccccc2)(N(C)C)CCCC(CC(=O)N(C)C)C(C)C1=O. The molecule has 1 heterocycles. The Balaban J connectivity index is 2.42. The van der Waals surface area contributed by atoms with Gasteiger partial charge in [0.15, 0.2) is 0 Å². The molecule has 184 valence electrons. The molecule has 2 unspecified atom stereocenters. The van der Waals surface area contributed by atoms with Crippen molar-refractivity contribution in [1.29, 1.82) is 0 Å². The molecular weight excluding hydrogens is 416 g/mol. The Hall–Kier alpha value is -2.41. The van der Waals surface area contributed by atoms with E-state index in [-0.39, 0.29) is 41.6 Å². The maximum Gasteiger partial charge on any atom is 0.239 e. The van der Waals surface area contributed by atoms with Crippen molar-refractivity contribution in [2.45, 2.75) is 51.0 Å². The highest BCUT2D eigenvalue weighted by atomic mass is 16.2. The van der Waals surface area contributed by atoms with E-state index >= 15 is 0 Å². The molecule has 0 spiro atoms. The molecule has 7 nitrogen and oxygen atoms in total. The summed E-state index contributed by atoms with van der Waals surface area (Å²) in [6.07, 6.45) is 4.69. The summed E-state index contributed by atoms with van der Waals surface area (Å²) in [4.78, 5) is 43.8. The minimum Gasteiger partial charge on any atom is -0.358 e. The summed E-state index contributed by atoms with van der Waals surface area (Å²) >= 11 is 0. The van der Waals surface area contributed by atoms with Gasteiger partial charge in [-0.2, -0.15) is 0 Å². The van der Waals surface area contributed by atoms with Gasteiger partial charge in [-0.1, -0.05) is 43.7 Å². The zero-order chi connectivity index (χ0) is 24.6. The van der Waals surface area contributed by atoms with Crippen molar-refractivity contribution in [1.82, 2.24) is 20.0 Å². The second-order valence-electron chi connectivity index (χ2n) is 9.76. The minimum absolute atomic E-state index is 0.0350. The van der Waals surface area contributed by atoms with E-state index in [1.807, 2.05) is 13.0 Å². The zero-order valence-corrected chi connectivity index (χ0v) is 21.3. The van der Waals surface area contributed by atoms with E-state index in [0.29, 0.717) is 13.0 Å². The highest BCUT2D eigenvalue weighted by Gasteiger charge is 2.37. The van der Waals surface area contributed by atoms with E-state index in [0.717, 1.165) is 32.1 Å². The van der Waals surface area contributed by atoms with Crippen LogP contribution in [-0.2, 0) is 19.9 Å². The van der Waals surface area contributed by atoms with E-state index in [1.165, 1.54) is 5.56 Å². The number of rotatable bonds is 6. The highest BCUT2D eigenvalue weighted by molar-refractivity contribution is 5.86. The van der Waals surface area contributed by atoms with E-state index in [9.17, 15) is 14.4 Å². The Labute approximate surface area is 199 Å². The molecule has 1 aromatic carbocycles. The van der Waals surface area contributed by atoms with Gasteiger partial charge in [-0.25, -0.2) is 0 Å². The monoisotopic (exact) mass is 458 g/mol. The van der Waals surface area contributed by atoms with Crippen molar-refractivity contribution < 1.29 is 14.4 Å². The van der Waals surface area contributed by atoms with Crippen LogP contribution < -0.4 is 5.32 Å². The van der Waals surface area contributed by atoms with Crippen molar-refractivity contribution in [2.24, 2.45) is 11.8 Å². The molecule has 33 heavy (non-hydrogen) atoms. The van der Waals surface area contributed by atoms with E-state index < -0.39 is 0 Å². The van der Waals surface area contributed by atoms with E-state index in [2.05, 4.69) is 48.6 Å². The molecule has 0 bridgehead atoms. The average molecular weight is 459 g/mol. The van der Waals surface area contributed by atoms with Gasteiger partial charge in [0.2, 0.25) is 17.7 Å². The van der Waals surface area contributed by atoms with Gasteiger partial charge in [-0.3, -0.25) is 19.3 Å². The van der Waals surface area contributed by atoms with Crippen molar-refractivity contribution in [3.63, 3.8) is 0 Å². The van der Waals surface area contributed by atoms with Gasteiger partial charge in [0.05, 0.1) is 6.54 Å². The molecule has 0 aromatic heterocycles. The van der Waals surface area contributed by atoms with Crippen LogP contribution in [0.15, 0.2) is 30.3 Å². The number of hydrogen-bond donors (Lipinski definition) is 1. The summed E-state index contributed by atoms with van der Waals surface area (Å²) in [5, 5.41) is 2.64. The molecule has 1 N–H and O–H groups in total. The first-order chi connectivity index (χ1) is 15.6. The van der Waals surface area contributed by atoms with E-state index in [4.69, 9.17) is 0 Å². The van der Waals surface area contributed by atoms with Gasteiger partial charge < -0.3 is 15.1 Å². The Morgan fingerprint density at radius 1 is 1.09 bits per heavy atom. The lowest BCUT2D eigenvalue weighted by Crippen LogP contribution is -2.45. The summed E-state index contributed by atoms with van der Waals surface area (Å²) in [6.45, 7) is 2.49. The summed E-state index contributed by atoms with van der Waals surface area (Å²) in [7, 11) is 9.34. The van der Waals surface area contributed by atoms with Crippen LogP contribution in [0.5, 0.6) is 0 Å². The molecule has 1 aliphatic heterocycles. The van der Waals surface area contributed by atoms with Crippen molar-refractivity contribution in [2.75, 3.05) is 48.3 Å². The molecule has 0 radical (unpaired) electrons. The molecule has 3 amide bonds.